The van der Waals surface area contributed by atoms with Crippen molar-refractivity contribution in [2.24, 2.45) is 0 Å². The predicted octanol–water partition coefficient (Wildman–Crippen LogP) is 2.71. The van der Waals surface area contributed by atoms with E-state index in [1.165, 1.54) is 9.80 Å². The lowest BCUT2D eigenvalue weighted by atomic mass is 9.87. The first-order valence-electron chi connectivity index (χ1n) is 11.9. The minimum Gasteiger partial charge on any atom is -0.352 e. The molecule has 1 heterocycles. The Labute approximate surface area is 201 Å². The van der Waals surface area contributed by atoms with Gasteiger partial charge in [0.05, 0.1) is 6.54 Å². The fraction of sp³-hybridized carbons (Fsp3) is 0.538. The first-order valence-corrected chi connectivity index (χ1v) is 11.9. The molecule has 1 aromatic carbocycles. The quantitative estimate of drug-likeness (QED) is 0.497. The summed E-state index contributed by atoms with van der Waals surface area (Å²) in [4.78, 5) is 53.4. The van der Waals surface area contributed by atoms with E-state index in [0.29, 0.717) is 5.69 Å². The Morgan fingerprint density at radius 1 is 1.15 bits per heavy atom. The van der Waals surface area contributed by atoms with E-state index in [1.807, 2.05) is 12.1 Å². The van der Waals surface area contributed by atoms with E-state index in [0.717, 1.165) is 37.7 Å². The van der Waals surface area contributed by atoms with Gasteiger partial charge >= 0.3 is 11.9 Å². The van der Waals surface area contributed by atoms with Crippen molar-refractivity contribution in [2.75, 3.05) is 18.0 Å². The average molecular weight is 467 g/mol. The van der Waals surface area contributed by atoms with Crippen molar-refractivity contribution in [3.8, 4) is 11.8 Å². The van der Waals surface area contributed by atoms with E-state index in [1.54, 1.807) is 19.1 Å². The van der Waals surface area contributed by atoms with Gasteiger partial charge in [-0.05, 0) is 48.8 Å². The topological polar surface area (TPSA) is 98.8 Å². The molecule has 3 rings (SSSR count). The third-order valence-electron chi connectivity index (χ3n) is 6.29. The van der Waals surface area contributed by atoms with Crippen LogP contribution in [0.5, 0.6) is 0 Å². The number of carbonyl (C=O) groups is 4. The number of urea groups is 1. The second-order valence-corrected chi connectivity index (χ2v) is 9.94. The number of benzene rings is 1. The highest BCUT2D eigenvalue weighted by molar-refractivity contribution is 6.10. The number of hydrogen-bond acceptors (Lipinski definition) is 4. The lowest BCUT2D eigenvalue weighted by Crippen LogP contribution is -2.57. The van der Waals surface area contributed by atoms with Gasteiger partial charge in [0.1, 0.15) is 12.6 Å². The molecule has 1 aliphatic carbocycles. The van der Waals surface area contributed by atoms with E-state index in [9.17, 15) is 19.2 Å². The van der Waals surface area contributed by atoms with Gasteiger partial charge in [-0.3, -0.25) is 24.6 Å². The molecule has 5 amide bonds. The molecule has 1 aromatic rings. The molecule has 1 saturated heterocycles. The number of imide groups is 1. The zero-order valence-corrected chi connectivity index (χ0v) is 20.4. The summed E-state index contributed by atoms with van der Waals surface area (Å²) in [7, 11) is 0. The van der Waals surface area contributed by atoms with Gasteiger partial charge < -0.3 is 10.2 Å². The summed E-state index contributed by atoms with van der Waals surface area (Å²) in [6.07, 6.45) is 4.98. The summed E-state index contributed by atoms with van der Waals surface area (Å²) < 4.78 is 0. The van der Waals surface area contributed by atoms with Crippen LogP contribution in [-0.4, -0.2) is 53.8 Å². The molecule has 1 saturated carbocycles. The van der Waals surface area contributed by atoms with Crippen molar-refractivity contribution < 1.29 is 19.2 Å². The van der Waals surface area contributed by atoms with Gasteiger partial charge in [0, 0.05) is 11.7 Å². The lowest BCUT2D eigenvalue weighted by molar-refractivity contribution is -0.126. The normalized spacial score (nSPS) is 17.5. The van der Waals surface area contributed by atoms with E-state index < -0.39 is 23.9 Å². The number of hydrogen-bond donors (Lipinski definition) is 2. The zero-order valence-electron chi connectivity index (χ0n) is 20.4. The number of amides is 5. The fourth-order valence-corrected chi connectivity index (χ4v) is 4.39. The van der Waals surface area contributed by atoms with Crippen LogP contribution >= 0.6 is 0 Å². The molecule has 1 aliphatic heterocycles. The molecular weight excluding hydrogens is 432 g/mol. The summed E-state index contributed by atoms with van der Waals surface area (Å²) >= 11 is 0. The molecule has 0 spiro atoms. The highest BCUT2D eigenvalue weighted by Crippen LogP contribution is 2.27. The van der Waals surface area contributed by atoms with Crippen molar-refractivity contribution in [2.45, 2.75) is 77.3 Å². The van der Waals surface area contributed by atoms with Crippen LogP contribution in [0.2, 0.25) is 0 Å². The van der Waals surface area contributed by atoms with Crippen molar-refractivity contribution in [3.63, 3.8) is 0 Å². The van der Waals surface area contributed by atoms with Crippen LogP contribution in [0.25, 0.3) is 0 Å². The number of anilines is 1. The van der Waals surface area contributed by atoms with Gasteiger partial charge in [-0.15, -0.1) is 0 Å². The van der Waals surface area contributed by atoms with Crippen molar-refractivity contribution in [1.82, 2.24) is 15.5 Å². The molecule has 0 radical (unpaired) electrons. The highest BCUT2D eigenvalue weighted by Gasteiger charge is 2.37. The lowest BCUT2D eigenvalue weighted by Gasteiger charge is -2.34. The van der Waals surface area contributed by atoms with E-state index in [2.05, 4.69) is 43.2 Å². The first kappa shape index (κ1) is 25.3. The summed E-state index contributed by atoms with van der Waals surface area (Å²) in [6, 6.07) is 5.87. The minimum absolute atomic E-state index is 0.0234. The molecule has 2 aliphatic rings. The second-order valence-electron chi connectivity index (χ2n) is 9.94. The summed E-state index contributed by atoms with van der Waals surface area (Å²) in [5.74, 6) is 3.83. The molecule has 8 nitrogen and oxygen atoms in total. The van der Waals surface area contributed by atoms with Crippen LogP contribution in [0.1, 0.15) is 65.4 Å². The van der Waals surface area contributed by atoms with Crippen molar-refractivity contribution in [1.29, 1.82) is 0 Å². The van der Waals surface area contributed by atoms with E-state index >= 15 is 0 Å². The van der Waals surface area contributed by atoms with Crippen LogP contribution in [0.4, 0.5) is 10.5 Å². The van der Waals surface area contributed by atoms with Crippen LogP contribution in [0.15, 0.2) is 24.3 Å². The molecule has 8 heteroatoms. The summed E-state index contributed by atoms with van der Waals surface area (Å²) in [5, 5.41) is 5.31. The van der Waals surface area contributed by atoms with Gasteiger partial charge in [-0.25, -0.2) is 4.79 Å². The largest absolute Gasteiger partial charge is 0.352 e. The van der Waals surface area contributed by atoms with Crippen molar-refractivity contribution in [3.05, 3.63) is 29.8 Å². The van der Waals surface area contributed by atoms with Gasteiger partial charge in [-0.2, -0.15) is 0 Å². The third kappa shape index (κ3) is 6.16. The van der Waals surface area contributed by atoms with Gasteiger partial charge in [0.15, 0.2) is 0 Å². The molecule has 2 N–H and O–H groups in total. The molecule has 0 aromatic heterocycles. The molecule has 2 fully saturated rings. The first-order chi connectivity index (χ1) is 16.1. The summed E-state index contributed by atoms with van der Waals surface area (Å²) in [6.45, 7) is 7.57. The standard InChI is InChI=1S/C26H34N4O4/c1-5-9-23(32)30(20-14-12-18(13-15-20)26(2,3)4)21(16-29-17-22(31)28-25(29)34)24(33)27-19-10-7-6-8-11-19/h12-15,19,21H,6-8,10-11,16-17H2,1-4H3,(H,27,33)(H,28,31,34). The van der Waals surface area contributed by atoms with E-state index in [4.69, 9.17) is 0 Å². The maximum atomic E-state index is 13.5. The Morgan fingerprint density at radius 2 is 1.79 bits per heavy atom. The number of carbonyl (C=O) groups excluding carboxylic acids is 4. The Kier molecular flexibility index (Phi) is 7.98. The van der Waals surface area contributed by atoms with Crippen LogP contribution in [-0.2, 0) is 19.8 Å². The molecule has 34 heavy (non-hydrogen) atoms. The fourth-order valence-electron chi connectivity index (χ4n) is 4.39. The van der Waals surface area contributed by atoms with Crippen LogP contribution in [0, 0.1) is 11.8 Å². The Balaban J connectivity index is 1.97. The maximum Gasteiger partial charge on any atom is 0.324 e. The predicted molar refractivity (Wildman–Crippen MR) is 130 cm³/mol. The van der Waals surface area contributed by atoms with Gasteiger partial charge in [0.25, 0.3) is 0 Å². The SMILES string of the molecule is CC#CC(=O)N(c1ccc(C(C)(C)C)cc1)C(CN1CC(=O)NC1=O)C(=O)NC1CCCCC1. The van der Waals surface area contributed by atoms with E-state index in [-0.39, 0.29) is 30.5 Å². The van der Waals surface area contributed by atoms with Gasteiger partial charge in [-0.1, -0.05) is 58.1 Å². The van der Waals surface area contributed by atoms with Gasteiger partial charge in [0.2, 0.25) is 11.8 Å². The maximum absolute atomic E-state index is 13.5. The average Bonchev–Trinajstić information content (AvgIpc) is 3.10. The molecule has 1 unspecified atom stereocenters. The van der Waals surface area contributed by atoms with Crippen molar-refractivity contribution >= 4 is 29.4 Å². The number of nitrogens with zero attached hydrogens (tertiary/aromatic N) is 2. The minimum atomic E-state index is -1.03. The summed E-state index contributed by atoms with van der Waals surface area (Å²) in [5.41, 5.74) is 1.51. The third-order valence-corrected chi connectivity index (χ3v) is 6.29. The monoisotopic (exact) mass is 466 g/mol. The Bertz CT molecular complexity index is 994. The molecule has 1 atom stereocenters. The zero-order chi connectivity index (χ0) is 24.9. The molecule has 0 bridgehead atoms. The van der Waals surface area contributed by atoms with Crippen LogP contribution in [0.3, 0.4) is 0 Å². The Morgan fingerprint density at radius 3 is 2.32 bits per heavy atom. The highest BCUT2D eigenvalue weighted by atomic mass is 16.2. The number of nitrogens with one attached hydrogen (secondary N) is 2. The number of rotatable bonds is 6. The smallest absolute Gasteiger partial charge is 0.324 e. The second kappa shape index (κ2) is 10.7. The molecular formula is C26H34N4O4. The Hall–Kier alpha value is -3.34. The van der Waals surface area contributed by atoms with Crippen LogP contribution < -0.4 is 15.5 Å². The molecule has 182 valence electrons.